The number of carbonyl (C=O) groups is 2. The fraction of sp³-hybridized carbons (Fsp3) is 0.320. The van der Waals surface area contributed by atoms with Crippen molar-refractivity contribution in [1.29, 1.82) is 0 Å². The lowest BCUT2D eigenvalue weighted by Crippen LogP contribution is -2.31. The van der Waals surface area contributed by atoms with Gasteiger partial charge in [-0.05, 0) is 25.8 Å². The molecule has 2 heterocycles. The SMILES string of the molecule is C/C=C/Cl.C/C=C\C(=C/N)c1noc(CCC(=O)NCCCNC2=NNC(=O)C3=CC=CC=C2C3)n1. The van der Waals surface area contributed by atoms with Gasteiger partial charge in [-0.15, -0.1) is 0 Å². The Morgan fingerprint density at radius 1 is 1.22 bits per heavy atom. The molecule has 3 rings (SSSR count). The summed E-state index contributed by atoms with van der Waals surface area (Å²) in [4.78, 5) is 28.3. The monoisotopic (exact) mass is 513 g/mol. The van der Waals surface area contributed by atoms with E-state index in [4.69, 9.17) is 21.9 Å². The first-order chi connectivity index (χ1) is 17.5. The normalized spacial score (nSPS) is 15.2. The van der Waals surface area contributed by atoms with Crippen LogP contribution in [0.25, 0.3) is 5.57 Å². The highest BCUT2D eigenvalue weighted by molar-refractivity contribution is 6.25. The van der Waals surface area contributed by atoms with Gasteiger partial charge in [0.15, 0.2) is 0 Å². The Labute approximate surface area is 215 Å². The maximum atomic E-state index is 12.1. The molecule has 0 fully saturated rings. The summed E-state index contributed by atoms with van der Waals surface area (Å²) in [7, 11) is 0. The van der Waals surface area contributed by atoms with E-state index in [0.29, 0.717) is 61.0 Å². The van der Waals surface area contributed by atoms with Crippen molar-refractivity contribution in [2.75, 3.05) is 13.1 Å². The Balaban J connectivity index is 0.00000106. The van der Waals surface area contributed by atoms with Crippen molar-refractivity contribution in [2.45, 2.75) is 39.5 Å². The molecule has 0 saturated carbocycles. The second-order valence-corrected chi connectivity index (χ2v) is 7.82. The number of carbonyl (C=O) groups excluding carboxylic acids is 2. The van der Waals surface area contributed by atoms with E-state index in [2.05, 4.69) is 31.3 Å². The lowest BCUT2D eigenvalue weighted by atomic mass is 10.1. The highest BCUT2D eigenvalue weighted by atomic mass is 35.5. The van der Waals surface area contributed by atoms with Crippen LogP contribution in [0.1, 0.15) is 44.8 Å². The second-order valence-electron chi connectivity index (χ2n) is 7.57. The van der Waals surface area contributed by atoms with E-state index in [-0.39, 0.29) is 18.2 Å². The Bertz CT molecular complexity index is 1110. The van der Waals surface area contributed by atoms with Gasteiger partial charge < -0.3 is 20.9 Å². The third kappa shape index (κ3) is 9.38. The maximum absolute atomic E-state index is 12.1. The number of rotatable bonds is 9. The molecule has 10 nitrogen and oxygen atoms in total. The molecule has 0 unspecified atom stereocenters. The molecule has 11 heteroatoms. The summed E-state index contributed by atoms with van der Waals surface area (Å²) in [5, 5.41) is 14.1. The fourth-order valence-corrected chi connectivity index (χ4v) is 3.08. The van der Waals surface area contributed by atoms with Crippen LogP contribution in [-0.2, 0) is 16.0 Å². The Morgan fingerprint density at radius 3 is 2.67 bits per heavy atom. The second kappa shape index (κ2) is 15.9. The third-order valence-electron chi connectivity index (χ3n) is 4.86. The van der Waals surface area contributed by atoms with E-state index in [1.165, 1.54) is 11.7 Å². The van der Waals surface area contributed by atoms with Crippen molar-refractivity contribution in [1.82, 2.24) is 26.2 Å². The topological polar surface area (TPSA) is 148 Å². The number of fused-ring (bicyclic) bond motifs is 2. The molecule has 0 saturated heterocycles. The highest BCUT2D eigenvalue weighted by Gasteiger charge is 2.19. The zero-order chi connectivity index (χ0) is 26.2. The van der Waals surface area contributed by atoms with Gasteiger partial charge in [-0.1, -0.05) is 59.3 Å². The molecule has 0 aromatic carbocycles. The fourth-order valence-electron chi connectivity index (χ4n) is 3.08. The number of hydrogen-bond acceptors (Lipinski definition) is 8. The van der Waals surface area contributed by atoms with Crippen LogP contribution in [0.15, 0.2) is 75.0 Å². The summed E-state index contributed by atoms with van der Waals surface area (Å²) in [5.74, 6) is 1.12. The minimum absolute atomic E-state index is 0.0988. The number of amides is 2. The van der Waals surface area contributed by atoms with Crippen LogP contribution in [0.5, 0.6) is 0 Å². The van der Waals surface area contributed by atoms with Gasteiger partial charge in [-0.2, -0.15) is 10.1 Å². The Hall–Kier alpha value is -3.92. The van der Waals surface area contributed by atoms with E-state index in [1.807, 2.05) is 38.2 Å². The standard InChI is InChI=1S/C22H27N7O3.C3H5Cl/c1-2-6-17(14-23)21-26-19(32-29-21)10-9-18(30)24-11-5-12-25-20-15-7-3-4-8-16(13-15)22(31)28-27-20;1-2-3-4/h2-4,6-8,14H,5,9-13,23H2,1H3,(H,24,30)(H,25,27)(H,28,31);2-3H,1H3/b6-2-,17-14+;3-2+. The number of allylic oxidation sites excluding steroid dienone is 8. The summed E-state index contributed by atoms with van der Waals surface area (Å²) in [6.45, 7) is 4.84. The zero-order valence-corrected chi connectivity index (χ0v) is 21.2. The first kappa shape index (κ1) is 28.3. The zero-order valence-electron chi connectivity index (χ0n) is 20.5. The number of aryl methyl sites for hydroxylation is 1. The molecule has 0 atom stereocenters. The van der Waals surface area contributed by atoms with Gasteiger partial charge in [-0.3, -0.25) is 9.59 Å². The van der Waals surface area contributed by atoms with Crippen LogP contribution >= 0.6 is 11.6 Å². The third-order valence-corrected chi connectivity index (χ3v) is 5.12. The molecule has 36 heavy (non-hydrogen) atoms. The Morgan fingerprint density at radius 2 is 1.97 bits per heavy atom. The van der Waals surface area contributed by atoms with Gasteiger partial charge in [0.05, 0.1) is 0 Å². The number of hydrogen-bond donors (Lipinski definition) is 4. The molecular formula is C25H32ClN7O3. The van der Waals surface area contributed by atoms with Gasteiger partial charge in [0, 0.05) is 55.3 Å². The van der Waals surface area contributed by atoms with E-state index >= 15 is 0 Å². The molecule has 2 aliphatic rings. The molecule has 2 amide bonds. The Kier molecular flexibility index (Phi) is 12.5. The van der Waals surface area contributed by atoms with Crippen LogP contribution in [0.3, 0.4) is 0 Å². The van der Waals surface area contributed by atoms with Gasteiger partial charge in [0.25, 0.3) is 5.91 Å². The molecule has 5 N–H and O–H groups in total. The average Bonchev–Trinajstić information content (AvgIpc) is 3.15. The average molecular weight is 514 g/mol. The lowest BCUT2D eigenvalue weighted by Gasteiger charge is -2.10. The summed E-state index contributed by atoms with van der Waals surface area (Å²) >= 11 is 5.01. The van der Waals surface area contributed by atoms with Crippen LogP contribution in [0.4, 0.5) is 0 Å². The molecule has 192 valence electrons. The predicted molar refractivity (Wildman–Crippen MR) is 141 cm³/mol. The smallest absolute Gasteiger partial charge is 0.267 e. The molecule has 0 spiro atoms. The quantitative estimate of drug-likeness (QED) is 0.293. The first-order valence-electron chi connectivity index (χ1n) is 11.6. The molecule has 1 aliphatic carbocycles. The molecular weight excluding hydrogens is 482 g/mol. The van der Waals surface area contributed by atoms with Crippen LogP contribution in [0, 0.1) is 0 Å². The van der Waals surface area contributed by atoms with E-state index in [1.54, 1.807) is 18.2 Å². The first-order valence-corrected chi connectivity index (χ1v) is 12.0. The number of nitrogens with zero attached hydrogens (tertiary/aromatic N) is 3. The summed E-state index contributed by atoms with van der Waals surface area (Å²) < 4.78 is 5.18. The predicted octanol–water partition coefficient (Wildman–Crippen LogP) is 2.99. The van der Waals surface area contributed by atoms with E-state index in [9.17, 15) is 9.59 Å². The molecule has 0 radical (unpaired) electrons. The van der Waals surface area contributed by atoms with Crippen molar-refractivity contribution in [2.24, 2.45) is 10.8 Å². The van der Waals surface area contributed by atoms with Crippen LogP contribution < -0.4 is 21.8 Å². The summed E-state index contributed by atoms with van der Waals surface area (Å²) in [6.07, 6.45) is 16.0. The number of nitrogens with one attached hydrogen (secondary N) is 3. The molecule has 1 aliphatic heterocycles. The van der Waals surface area contributed by atoms with Crippen LogP contribution in [0.2, 0.25) is 0 Å². The number of amidine groups is 1. The molecule has 2 bridgehead atoms. The number of aromatic nitrogens is 2. The van der Waals surface area contributed by atoms with Crippen molar-refractivity contribution in [3.8, 4) is 0 Å². The van der Waals surface area contributed by atoms with Crippen LogP contribution in [-0.4, -0.2) is 40.9 Å². The number of hydrazone groups is 1. The maximum Gasteiger partial charge on any atom is 0.267 e. The van der Waals surface area contributed by atoms with Gasteiger partial charge in [0.2, 0.25) is 17.6 Å². The van der Waals surface area contributed by atoms with Crippen molar-refractivity contribution < 1.29 is 14.1 Å². The van der Waals surface area contributed by atoms with Crippen molar-refractivity contribution in [3.63, 3.8) is 0 Å². The van der Waals surface area contributed by atoms with Crippen molar-refractivity contribution in [3.05, 3.63) is 77.1 Å². The summed E-state index contributed by atoms with van der Waals surface area (Å²) in [5.41, 5.74) is 11.8. The summed E-state index contributed by atoms with van der Waals surface area (Å²) in [6, 6.07) is 0. The van der Waals surface area contributed by atoms with Crippen molar-refractivity contribution >= 4 is 34.8 Å². The van der Waals surface area contributed by atoms with Gasteiger partial charge >= 0.3 is 0 Å². The van der Waals surface area contributed by atoms with E-state index in [0.717, 1.165) is 5.57 Å². The van der Waals surface area contributed by atoms with Gasteiger partial charge in [0.1, 0.15) is 5.84 Å². The largest absolute Gasteiger partial charge is 0.404 e. The minimum atomic E-state index is -0.197. The lowest BCUT2D eigenvalue weighted by molar-refractivity contribution is -0.121. The molecule has 1 aromatic rings. The highest BCUT2D eigenvalue weighted by Crippen LogP contribution is 2.18. The van der Waals surface area contributed by atoms with Gasteiger partial charge in [-0.25, -0.2) is 5.43 Å². The number of halogens is 1. The molecule has 1 aromatic heterocycles. The van der Waals surface area contributed by atoms with E-state index < -0.39 is 0 Å². The number of nitrogens with two attached hydrogens (primary N) is 1. The minimum Gasteiger partial charge on any atom is -0.404 e.